The van der Waals surface area contributed by atoms with Crippen LogP contribution in [0.3, 0.4) is 0 Å². The molecule has 1 aromatic carbocycles. The summed E-state index contributed by atoms with van der Waals surface area (Å²) in [7, 11) is 1.72. The molecule has 0 saturated carbocycles. The summed E-state index contributed by atoms with van der Waals surface area (Å²) in [6.45, 7) is 5.10. The smallest absolute Gasteiger partial charge is 0.317 e. The number of aromatic nitrogens is 1. The number of nitrogens with one attached hydrogen (secondary N) is 1. The van der Waals surface area contributed by atoms with Crippen LogP contribution < -0.4 is 19.5 Å². The highest BCUT2D eigenvalue weighted by molar-refractivity contribution is 5.73. The second-order valence-corrected chi connectivity index (χ2v) is 5.75. The van der Waals surface area contributed by atoms with Gasteiger partial charge in [0.25, 0.3) is 0 Å². The first-order chi connectivity index (χ1) is 12.0. The Bertz CT molecular complexity index is 739. The number of carbonyl (C=O) groups is 1. The van der Waals surface area contributed by atoms with E-state index in [4.69, 9.17) is 18.7 Å². The number of fused-ring (bicyclic) bond motifs is 1. The first-order valence-corrected chi connectivity index (χ1v) is 7.98. The largest absolute Gasteiger partial charge is 0.492 e. The maximum atomic E-state index is 12.1. The topological polar surface area (TPSA) is 86.1 Å². The molecule has 3 rings (SSSR count). The van der Waals surface area contributed by atoms with Crippen molar-refractivity contribution in [2.45, 2.75) is 20.4 Å². The zero-order valence-corrected chi connectivity index (χ0v) is 14.5. The maximum Gasteiger partial charge on any atom is 0.317 e. The number of rotatable bonds is 6. The minimum absolute atomic E-state index is 0.186. The third kappa shape index (κ3) is 3.96. The van der Waals surface area contributed by atoms with Crippen LogP contribution in [0.15, 0.2) is 22.7 Å². The van der Waals surface area contributed by atoms with Crippen molar-refractivity contribution < 1.29 is 23.5 Å². The molecule has 0 fully saturated rings. The summed E-state index contributed by atoms with van der Waals surface area (Å²) >= 11 is 0. The summed E-state index contributed by atoms with van der Waals surface area (Å²) in [4.78, 5) is 13.7. The number of urea groups is 1. The van der Waals surface area contributed by atoms with Gasteiger partial charge in [-0.3, -0.25) is 0 Å². The van der Waals surface area contributed by atoms with Crippen molar-refractivity contribution in [2.75, 3.05) is 27.0 Å². The molecule has 8 heteroatoms. The Morgan fingerprint density at radius 2 is 2.12 bits per heavy atom. The molecule has 0 unspecified atom stereocenters. The van der Waals surface area contributed by atoms with Gasteiger partial charge in [0.05, 0.1) is 18.8 Å². The van der Waals surface area contributed by atoms with Crippen LogP contribution in [0.1, 0.15) is 17.0 Å². The predicted octanol–water partition coefficient (Wildman–Crippen LogP) is 2.24. The van der Waals surface area contributed by atoms with E-state index in [1.54, 1.807) is 30.1 Å². The Morgan fingerprint density at radius 1 is 1.32 bits per heavy atom. The van der Waals surface area contributed by atoms with Gasteiger partial charge in [-0.05, 0) is 26.0 Å². The van der Waals surface area contributed by atoms with Crippen LogP contribution in [0.4, 0.5) is 4.79 Å². The van der Waals surface area contributed by atoms with Crippen molar-refractivity contribution in [1.82, 2.24) is 15.4 Å². The number of aryl methyl sites for hydroxylation is 2. The Kier molecular flexibility index (Phi) is 4.97. The lowest BCUT2D eigenvalue weighted by molar-refractivity contribution is 0.173. The number of hydrogen-bond acceptors (Lipinski definition) is 6. The summed E-state index contributed by atoms with van der Waals surface area (Å²) in [5, 5.41) is 6.70. The third-order valence-electron chi connectivity index (χ3n) is 3.91. The van der Waals surface area contributed by atoms with E-state index in [1.165, 1.54) is 0 Å². The van der Waals surface area contributed by atoms with Gasteiger partial charge in [0.1, 0.15) is 18.1 Å². The van der Waals surface area contributed by atoms with E-state index in [1.807, 2.05) is 13.8 Å². The van der Waals surface area contributed by atoms with Gasteiger partial charge in [-0.25, -0.2) is 4.79 Å². The van der Waals surface area contributed by atoms with Gasteiger partial charge >= 0.3 is 6.03 Å². The normalized spacial score (nSPS) is 12.1. The first-order valence-electron chi connectivity index (χ1n) is 7.98. The fourth-order valence-corrected chi connectivity index (χ4v) is 2.47. The van der Waals surface area contributed by atoms with Crippen molar-refractivity contribution in [3.63, 3.8) is 0 Å². The molecule has 0 saturated heterocycles. The summed E-state index contributed by atoms with van der Waals surface area (Å²) in [6, 6.07) is 5.19. The van der Waals surface area contributed by atoms with Crippen LogP contribution in [0.25, 0.3) is 0 Å². The molecule has 1 aliphatic rings. The zero-order chi connectivity index (χ0) is 17.8. The van der Waals surface area contributed by atoms with E-state index >= 15 is 0 Å². The minimum atomic E-state index is -0.186. The molecule has 1 N–H and O–H groups in total. The van der Waals surface area contributed by atoms with Gasteiger partial charge in [-0.2, -0.15) is 0 Å². The second kappa shape index (κ2) is 7.33. The van der Waals surface area contributed by atoms with Crippen LogP contribution in [0.2, 0.25) is 0 Å². The Balaban J connectivity index is 1.42. The zero-order valence-electron chi connectivity index (χ0n) is 14.5. The molecule has 134 valence electrons. The lowest BCUT2D eigenvalue weighted by Crippen LogP contribution is -2.38. The number of ether oxygens (including phenoxy) is 3. The molecule has 0 atom stereocenters. The van der Waals surface area contributed by atoms with Crippen molar-refractivity contribution in [1.29, 1.82) is 0 Å². The molecule has 1 aromatic heterocycles. The molecule has 0 spiro atoms. The fourth-order valence-electron chi connectivity index (χ4n) is 2.47. The molecule has 2 heterocycles. The average molecular weight is 347 g/mol. The Morgan fingerprint density at radius 3 is 2.88 bits per heavy atom. The average Bonchev–Trinajstić information content (AvgIpc) is 3.19. The maximum absolute atomic E-state index is 12.1. The predicted molar refractivity (Wildman–Crippen MR) is 88.9 cm³/mol. The van der Waals surface area contributed by atoms with Crippen molar-refractivity contribution in [2.24, 2.45) is 0 Å². The molecule has 0 bridgehead atoms. The lowest BCUT2D eigenvalue weighted by atomic mass is 10.2. The molecule has 1 aliphatic heterocycles. The summed E-state index contributed by atoms with van der Waals surface area (Å²) < 4.78 is 21.3. The molecule has 2 amide bonds. The third-order valence-corrected chi connectivity index (χ3v) is 3.91. The van der Waals surface area contributed by atoms with Crippen LogP contribution in [0, 0.1) is 13.8 Å². The standard InChI is InChI=1S/C17H21N3O5/c1-11-14(12(2)25-19-11)9-20(3)17(21)18-6-7-22-13-4-5-15-16(8-13)24-10-23-15/h4-5,8H,6-7,9-10H2,1-3H3,(H,18,21). The molecule has 2 aromatic rings. The molecule has 0 radical (unpaired) electrons. The van der Waals surface area contributed by atoms with Crippen LogP contribution in [-0.4, -0.2) is 43.1 Å². The van der Waals surface area contributed by atoms with Crippen molar-refractivity contribution >= 4 is 6.03 Å². The fraction of sp³-hybridized carbons (Fsp3) is 0.412. The molecular formula is C17H21N3O5. The van der Waals surface area contributed by atoms with Gasteiger partial charge in [0, 0.05) is 18.7 Å². The van der Waals surface area contributed by atoms with E-state index in [0.29, 0.717) is 36.9 Å². The van der Waals surface area contributed by atoms with Gasteiger partial charge in [-0.1, -0.05) is 5.16 Å². The number of nitrogens with zero attached hydrogens (tertiary/aromatic N) is 2. The molecule has 8 nitrogen and oxygen atoms in total. The van der Waals surface area contributed by atoms with E-state index in [9.17, 15) is 4.79 Å². The minimum Gasteiger partial charge on any atom is -0.492 e. The summed E-state index contributed by atoms with van der Waals surface area (Å²) in [5.74, 6) is 2.77. The van der Waals surface area contributed by atoms with Gasteiger partial charge in [0.2, 0.25) is 6.79 Å². The van der Waals surface area contributed by atoms with E-state index in [0.717, 1.165) is 17.0 Å². The molecule has 0 aliphatic carbocycles. The monoisotopic (exact) mass is 347 g/mol. The Hall–Kier alpha value is -2.90. The number of carbonyl (C=O) groups excluding carboxylic acids is 1. The summed E-state index contributed by atoms with van der Waals surface area (Å²) in [6.07, 6.45) is 0. The Labute approximate surface area is 145 Å². The van der Waals surface area contributed by atoms with E-state index in [2.05, 4.69) is 10.5 Å². The number of amides is 2. The van der Waals surface area contributed by atoms with Crippen LogP contribution >= 0.6 is 0 Å². The quantitative estimate of drug-likeness (QED) is 0.807. The number of benzene rings is 1. The van der Waals surface area contributed by atoms with Crippen molar-refractivity contribution in [3.05, 3.63) is 35.2 Å². The van der Waals surface area contributed by atoms with E-state index in [-0.39, 0.29) is 12.8 Å². The van der Waals surface area contributed by atoms with Gasteiger partial charge < -0.3 is 29.0 Å². The van der Waals surface area contributed by atoms with Crippen LogP contribution in [0.5, 0.6) is 17.2 Å². The lowest BCUT2D eigenvalue weighted by Gasteiger charge is -2.18. The highest BCUT2D eigenvalue weighted by Crippen LogP contribution is 2.34. The second-order valence-electron chi connectivity index (χ2n) is 5.75. The number of hydrogen-bond donors (Lipinski definition) is 1. The summed E-state index contributed by atoms with van der Waals surface area (Å²) in [5.41, 5.74) is 1.72. The molecular weight excluding hydrogens is 326 g/mol. The van der Waals surface area contributed by atoms with Gasteiger partial charge in [0.15, 0.2) is 11.5 Å². The molecule has 25 heavy (non-hydrogen) atoms. The highest BCUT2D eigenvalue weighted by Gasteiger charge is 2.16. The van der Waals surface area contributed by atoms with Crippen molar-refractivity contribution in [3.8, 4) is 17.2 Å². The van der Waals surface area contributed by atoms with E-state index < -0.39 is 0 Å². The SMILES string of the molecule is Cc1noc(C)c1CN(C)C(=O)NCCOc1ccc2c(c1)OCO2. The first kappa shape index (κ1) is 16.9. The van der Waals surface area contributed by atoms with Gasteiger partial charge in [-0.15, -0.1) is 0 Å². The highest BCUT2D eigenvalue weighted by atomic mass is 16.7. The van der Waals surface area contributed by atoms with Crippen LogP contribution in [-0.2, 0) is 6.54 Å².